The number of ether oxygens (including phenoxy) is 2. The summed E-state index contributed by atoms with van der Waals surface area (Å²) >= 11 is 3.29. The van der Waals surface area contributed by atoms with Gasteiger partial charge in [-0.2, -0.15) is 0 Å². The summed E-state index contributed by atoms with van der Waals surface area (Å²) in [6.07, 6.45) is 0.749. The Balaban J connectivity index is 1.31. The summed E-state index contributed by atoms with van der Waals surface area (Å²) in [6, 6.07) is 5.74. The molecule has 4 atom stereocenters. The Morgan fingerprint density at radius 1 is 1.43 bits per heavy atom. The number of anilines is 1. The fourth-order valence-corrected chi connectivity index (χ4v) is 7.53. The summed E-state index contributed by atoms with van der Waals surface area (Å²) in [7, 11) is 0. The molecule has 0 spiro atoms. The van der Waals surface area contributed by atoms with Crippen molar-refractivity contribution in [2.45, 2.75) is 38.2 Å². The largest absolute Gasteiger partial charge is 0.494 e. The molecular weight excluding hydrogens is 486 g/mol. The monoisotopic (exact) mass is 515 g/mol. The number of β-lactam (4-membered cyclic amide) rings is 1. The van der Waals surface area contributed by atoms with E-state index in [1.54, 1.807) is 30.0 Å². The van der Waals surface area contributed by atoms with Gasteiger partial charge in [-0.25, -0.2) is 9.78 Å². The lowest BCUT2D eigenvalue weighted by Crippen LogP contribution is -2.63. The maximum atomic E-state index is 12.9. The number of nitrogens with zero attached hydrogens (tertiary/aromatic N) is 3. The summed E-state index contributed by atoms with van der Waals surface area (Å²) < 4.78 is 12.0. The van der Waals surface area contributed by atoms with Crippen molar-refractivity contribution in [3.05, 3.63) is 41.5 Å². The second kappa shape index (κ2) is 9.48. The number of thioether (sulfide) groups is 1. The topological polar surface area (TPSA) is 92.2 Å². The van der Waals surface area contributed by atoms with E-state index in [1.165, 1.54) is 11.0 Å². The molecule has 0 bridgehead atoms. The van der Waals surface area contributed by atoms with Crippen LogP contribution in [0.25, 0.3) is 10.2 Å². The molecule has 0 radical (unpaired) electrons. The maximum absolute atomic E-state index is 12.9. The van der Waals surface area contributed by atoms with Gasteiger partial charge in [-0.1, -0.05) is 30.9 Å². The van der Waals surface area contributed by atoms with E-state index in [-0.39, 0.29) is 29.7 Å². The molecule has 10 heteroatoms. The highest BCUT2D eigenvalue weighted by atomic mass is 32.2. The van der Waals surface area contributed by atoms with Gasteiger partial charge in [0.05, 0.1) is 34.9 Å². The number of amides is 1. The van der Waals surface area contributed by atoms with Gasteiger partial charge in [0.15, 0.2) is 5.13 Å². The summed E-state index contributed by atoms with van der Waals surface area (Å²) in [5, 5.41) is 11.4. The van der Waals surface area contributed by atoms with Crippen LogP contribution >= 0.6 is 23.1 Å². The van der Waals surface area contributed by atoms with Crippen molar-refractivity contribution < 1.29 is 24.2 Å². The zero-order valence-electron chi connectivity index (χ0n) is 20.0. The van der Waals surface area contributed by atoms with Gasteiger partial charge in [0.2, 0.25) is 5.91 Å². The van der Waals surface area contributed by atoms with Crippen molar-refractivity contribution in [1.29, 1.82) is 0 Å². The van der Waals surface area contributed by atoms with E-state index >= 15 is 0 Å². The maximum Gasteiger partial charge on any atom is 0.356 e. The van der Waals surface area contributed by atoms with Crippen LogP contribution in [0, 0.1) is 11.8 Å². The molecule has 1 aromatic carbocycles. The highest BCUT2D eigenvalue weighted by molar-refractivity contribution is 8.03. The van der Waals surface area contributed by atoms with Gasteiger partial charge in [-0.3, -0.25) is 4.79 Å². The molecule has 5 rings (SSSR count). The smallest absolute Gasteiger partial charge is 0.356 e. The second-order valence-electron chi connectivity index (χ2n) is 9.06. The van der Waals surface area contributed by atoms with Crippen LogP contribution in [0.4, 0.5) is 5.13 Å². The molecule has 1 N–H and O–H groups in total. The van der Waals surface area contributed by atoms with E-state index in [2.05, 4.69) is 11.5 Å². The molecule has 4 heterocycles. The predicted molar refractivity (Wildman–Crippen MR) is 138 cm³/mol. The Kier molecular flexibility index (Phi) is 6.54. The summed E-state index contributed by atoms with van der Waals surface area (Å²) in [4.78, 5) is 35.1. The van der Waals surface area contributed by atoms with Gasteiger partial charge in [0.25, 0.3) is 0 Å². The Morgan fingerprint density at radius 3 is 2.89 bits per heavy atom. The minimum Gasteiger partial charge on any atom is -0.494 e. The van der Waals surface area contributed by atoms with Crippen LogP contribution in [-0.2, 0) is 14.3 Å². The quantitative estimate of drug-likeness (QED) is 0.309. The average molecular weight is 516 g/mol. The highest BCUT2D eigenvalue weighted by Gasteiger charge is 2.60. The number of rotatable bonds is 9. The number of fused-ring (bicyclic) bond motifs is 2. The molecule has 35 heavy (non-hydrogen) atoms. The molecular formula is C25H29N3O5S2. The number of benzene rings is 1. The van der Waals surface area contributed by atoms with Crippen molar-refractivity contribution in [2.24, 2.45) is 11.8 Å². The van der Waals surface area contributed by atoms with Crippen molar-refractivity contribution in [3.63, 3.8) is 0 Å². The molecule has 1 amide bonds. The van der Waals surface area contributed by atoms with Gasteiger partial charge in [0.1, 0.15) is 18.1 Å². The van der Waals surface area contributed by atoms with Crippen LogP contribution in [0.5, 0.6) is 5.75 Å². The van der Waals surface area contributed by atoms with E-state index in [4.69, 9.17) is 14.5 Å². The third-order valence-corrected chi connectivity index (χ3v) is 9.24. The number of carbonyl (C=O) groups is 2. The second-order valence-corrected chi connectivity index (χ2v) is 11.4. The standard InChI is InChI=1S/C25H29N3O5S2/c1-5-9-33-24(31)21-22(13(3)20-19(14(4)29)23(30)28(20)21)34-16-11-27(12-16)25-26-17-8-7-15(32-6-2)10-18(17)35-25/h5,7-8,10,13-14,16,19-20,29H,1,6,9,11-12H2,2-4H3/t13-,14-,19-,20-/m1/s1. The Labute approximate surface area is 212 Å². The SMILES string of the molecule is C=CCOC(=O)C1=C(SC2CN(c3nc4ccc(OCC)cc4s3)C2)[C@H](C)[C@@H]2[C@@H]([C@@H](C)O)C(=O)N12. The summed E-state index contributed by atoms with van der Waals surface area (Å²) in [5.74, 6) is -0.412. The van der Waals surface area contributed by atoms with Gasteiger partial charge >= 0.3 is 5.97 Å². The minimum atomic E-state index is -0.762. The molecule has 1 aromatic heterocycles. The molecule has 2 aromatic rings. The van der Waals surface area contributed by atoms with Crippen molar-refractivity contribution in [3.8, 4) is 5.75 Å². The Bertz CT molecular complexity index is 1200. The first-order valence-corrected chi connectivity index (χ1v) is 13.5. The Hall–Kier alpha value is -2.56. The lowest BCUT2D eigenvalue weighted by atomic mass is 9.79. The highest BCUT2D eigenvalue weighted by Crippen LogP contribution is 2.52. The molecule has 3 aliphatic heterocycles. The average Bonchev–Trinajstić information content (AvgIpc) is 3.30. The first kappa shape index (κ1) is 24.1. The van der Waals surface area contributed by atoms with Gasteiger partial charge in [-0.05, 0) is 32.0 Å². The molecule has 186 valence electrons. The van der Waals surface area contributed by atoms with Gasteiger partial charge in [0, 0.05) is 29.2 Å². The molecule has 2 saturated heterocycles. The lowest BCUT2D eigenvalue weighted by Gasteiger charge is -2.46. The number of aliphatic hydroxyl groups is 1. The minimum absolute atomic E-state index is 0.0444. The molecule has 2 fully saturated rings. The fraction of sp³-hybridized carbons (Fsp3) is 0.480. The summed E-state index contributed by atoms with van der Waals surface area (Å²) in [5.41, 5.74) is 1.29. The molecule has 3 aliphatic rings. The number of carbonyl (C=O) groups excluding carboxylic acids is 2. The molecule has 0 saturated carbocycles. The number of aliphatic hydroxyl groups excluding tert-OH is 1. The first-order chi connectivity index (χ1) is 16.8. The van der Waals surface area contributed by atoms with Crippen molar-refractivity contribution in [2.75, 3.05) is 31.2 Å². The zero-order valence-corrected chi connectivity index (χ0v) is 21.6. The van der Waals surface area contributed by atoms with Crippen LogP contribution in [-0.4, -0.2) is 70.6 Å². The van der Waals surface area contributed by atoms with E-state index in [0.29, 0.717) is 12.3 Å². The van der Waals surface area contributed by atoms with E-state index in [1.807, 2.05) is 32.0 Å². The van der Waals surface area contributed by atoms with Gasteiger partial charge in [-0.15, -0.1) is 11.8 Å². The van der Waals surface area contributed by atoms with Crippen molar-refractivity contribution >= 4 is 50.3 Å². The van der Waals surface area contributed by atoms with E-state index < -0.39 is 18.0 Å². The van der Waals surface area contributed by atoms with Gasteiger partial charge < -0.3 is 24.4 Å². The molecule has 8 nitrogen and oxygen atoms in total. The van der Waals surface area contributed by atoms with Crippen LogP contribution in [0.3, 0.4) is 0 Å². The van der Waals surface area contributed by atoms with E-state index in [9.17, 15) is 14.7 Å². The fourth-order valence-electron chi connectivity index (χ4n) is 5.01. The van der Waals surface area contributed by atoms with Crippen LogP contribution in [0.2, 0.25) is 0 Å². The van der Waals surface area contributed by atoms with Crippen molar-refractivity contribution in [1.82, 2.24) is 9.88 Å². The number of thiazole rings is 1. The normalized spacial score (nSPS) is 24.8. The number of esters is 1. The lowest BCUT2D eigenvalue weighted by molar-refractivity contribution is -0.164. The van der Waals surface area contributed by atoms with Crippen LogP contribution in [0.15, 0.2) is 41.5 Å². The number of aromatic nitrogens is 1. The third kappa shape index (κ3) is 4.11. The molecule has 0 unspecified atom stereocenters. The molecule has 0 aliphatic carbocycles. The predicted octanol–water partition coefficient (Wildman–Crippen LogP) is 3.42. The zero-order chi connectivity index (χ0) is 24.9. The summed E-state index contributed by atoms with van der Waals surface area (Å²) in [6.45, 7) is 11.5. The third-order valence-electron chi connectivity index (χ3n) is 6.71. The number of hydrogen-bond donors (Lipinski definition) is 1. The van der Waals surface area contributed by atoms with Crippen LogP contribution < -0.4 is 9.64 Å². The van der Waals surface area contributed by atoms with Crippen LogP contribution in [0.1, 0.15) is 20.8 Å². The van der Waals surface area contributed by atoms with E-state index in [0.717, 1.165) is 39.1 Å². The Morgan fingerprint density at radius 2 is 2.20 bits per heavy atom. The first-order valence-electron chi connectivity index (χ1n) is 11.8. The number of hydrogen-bond acceptors (Lipinski definition) is 9.